The minimum absolute atomic E-state index is 0. The van der Waals surface area contributed by atoms with Gasteiger partial charge >= 0.3 is 0 Å². The van der Waals surface area contributed by atoms with Crippen molar-refractivity contribution >= 4 is 0 Å². The molecule has 4 rings (SSSR count). The molecule has 119 valence electrons. The Labute approximate surface area is 159 Å². The molecule has 0 atom stereocenters. The van der Waals surface area contributed by atoms with Crippen LogP contribution in [0, 0.1) is 6.07 Å². The van der Waals surface area contributed by atoms with Crippen LogP contribution in [0.15, 0.2) is 91.0 Å². The van der Waals surface area contributed by atoms with Crippen molar-refractivity contribution in [2.75, 3.05) is 0 Å². The van der Waals surface area contributed by atoms with Crippen LogP contribution in [0.3, 0.4) is 0 Å². The van der Waals surface area contributed by atoms with Crippen LogP contribution in [0.2, 0.25) is 0 Å². The first-order valence-electron chi connectivity index (χ1n) is 7.88. The van der Waals surface area contributed by atoms with Gasteiger partial charge in [-0.1, -0.05) is 77.9 Å². The van der Waals surface area contributed by atoms with E-state index >= 15 is 0 Å². The summed E-state index contributed by atoms with van der Waals surface area (Å²) in [7, 11) is 0. The molecule has 0 aliphatic rings. The average Bonchev–Trinajstić information content (AvgIpc) is 2.70. The average molecular weight is 358 g/mol. The smallest absolute Gasteiger partial charge is 0.156 e. The Morgan fingerprint density at radius 2 is 0.840 bits per heavy atom. The molecule has 0 spiro atoms. The van der Waals surface area contributed by atoms with Crippen molar-refractivity contribution in [1.82, 2.24) is 9.97 Å². The number of benzene rings is 3. The maximum Gasteiger partial charge on any atom is 0.156 e. The molecule has 0 bridgehead atoms. The second-order valence-electron chi connectivity index (χ2n) is 5.47. The Bertz CT molecular complexity index is 800. The molecule has 2 nitrogen and oxygen atoms in total. The molecule has 0 amide bonds. The van der Waals surface area contributed by atoms with Crippen molar-refractivity contribution in [1.29, 1.82) is 0 Å². The topological polar surface area (TPSA) is 25.8 Å². The van der Waals surface area contributed by atoms with Gasteiger partial charge in [0.15, 0.2) is 5.82 Å². The molecular weight excluding hydrogens is 343 g/mol. The molecule has 3 aromatic carbocycles. The van der Waals surface area contributed by atoms with Gasteiger partial charge in [0.05, 0.1) is 0 Å². The van der Waals surface area contributed by atoms with Gasteiger partial charge < -0.3 is 0 Å². The van der Waals surface area contributed by atoms with Gasteiger partial charge in [-0.05, 0) is 11.4 Å². The standard InChI is InChI=1S/C22H15N2.V/c1-4-10-17(11-5-1)20-16-21(18-12-6-2-7-13-18)24-22(23-20)19-14-8-3-9-15-19;/h1-15H;/q-1;. The minimum atomic E-state index is 0. The number of hydrogen-bond acceptors (Lipinski definition) is 2. The molecule has 1 radical (unpaired) electrons. The number of hydrogen-bond donors (Lipinski definition) is 0. The van der Waals surface area contributed by atoms with E-state index in [0.717, 1.165) is 28.1 Å². The zero-order chi connectivity index (χ0) is 16.2. The molecule has 3 heteroatoms. The summed E-state index contributed by atoms with van der Waals surface area (Å²) in [6.45, 7) is 0. The number of nitrogens with zero attached hydrogens (tertiary/aromatic N) is 2. The van der Waals surface area contributed by atoms with Crippen LogP contribution in [-0.2, 0) is 18.6 Å². The van der Waals surface area contributed by atoms with Crippen LogP contribution in [0.5, 0.6) is 0 Å². The molecule has 1 aromatic heterocycles. The quantitative estimate of drug-likeness (QED) is 0.466. The third-order valence-corrected chi connectivity index (χ3v) is 3.80. The zero-order valence-electron chi connectivity index (χ0n) is 13.5. The van der Waals surface area contributed by atoms with Crippen molar-refractivity contribution in [2.45, 2.75) is 0 Å². The van der Waals surface area contributed by atoms with Crippen molar-refractivity contribution < 1.29 is 18.6 Å². The Balaban J connectivity index is 0.00000182. The van der Waals surface area contributed by atoms with Gasteiger partial charge in [-0.3, -0.25) is 9.97 Å². The van der Waals surface area contributed by atoms with Crippen LogP contribution in [0.25, 0.3) is 33.9 Å². The first-order valence-corrected chi connectivity index (χ1v) is 7.88. The van der Waals surface area contributed by atoms with Crippen molar-refractivity contribution in [2.24, 2.45) is 0 Å². The molecular formula is C22H15N2V-. The van der Waals surface area contributed by atoms with Crippen molar-refractivity contribution in [3.63, 3.8) is 0 Å². The minimum Gasteiger partial charge on any atom is -0.255 e. The van der Waals surface area contributed by atoms with E-state index in [1.54, 1.807) is 0 Å². The zero-order valence-corrected chi connectivity index (χ0v) is 14.9. The van der Waals surface area contributed by atoms with Gasteiger partial charge in [-0.25, -0.2) is 0 Å². The summed E-state index contributed by atoms with van der Waals surface area (Å²) in [5, 5.41) is 0. The number of aromatic nitrogens is 2. The molecule has 0 saturated heterocycles. The van der Waals surface area contributed by atoms with Gasteiger partial charge in [0.2, 0.25) is 0 Å². The summed E-state index contributed by atoms with van der Waals surface area (Å²) < 4.78 is 0. The van der Waals surface area contributed by atoms with Crippen molar-refractivity contribution in [3.05, 3.63) is 97.1 Å². The Hall–Kier alpha value is -2.68. The fraction of sp³-hybridized carbons (Fsp3) is 0. The van der Waals surface area contributed by atoms with Gasteiger partial charge in [0.1, 0.15) is 0 Å². The summed E-state index contributed by atoms with van der Waals surface area (Å²) in [5.41, 5.74) is 4.69. The van der Waals surface area contributed by atoms with Crippen LogP contribution in [-0.4, -0.2) is 9.97 Å². The second kappa shape index (κ2) is 7.93. The first kappa shape index (κ1) is 17.2. The van der Waals surface area contributed by atoms with E-state index in [1.807, 2.05) is 91.0 Å². The second-order valence-corrected chi connectivity index (χ2v) is 5.47. The summed E-state index contributed by atoms with van der Waals surface area (Å²) >= 11 is 0. The van der Waals surface area contributed by atoms with E-state index < -0.39 is 0 Å². The molecule has 25 heavy (non-hydrogen) atoms. The molecule has 0 unspecified atom stereocenters. The molecule has 0 fully saturated rings. The molecule has 4 aromatic rings. The summed E-state index contributed by atoms with van der Waals surface area (Å²) in [4.78, 5) is 9.47. The summed E-state index contributed by atoms with van der Waals surface area (Å²) in [6.07, 6.45) is 0. The fourth-order valence-corrected chi connectivity index (χ4v) is 2.59. The third kappa shape index (κ3) is 3.88. The normalized spacial score (nSPS) is 10.1. The molecule has 0 aliphatic carbocycles. The maximum atomic E-state index is 4.73. The van der Waals surface area contributed by atoms with E-state index in [4.69, 9.17) is 9.97 Å². The van der Waals surface area contributed by atoms with Crippen LogP contribution >= 0.6 is 0 Å². The SMILES string of the molecule is [V].[c-]1c(-c2ccccc2)nc(-c2ccccc2)nc1-c1ccccc1. The Kier molecular flexibility index (Phi) is 5.44. The molecule has 0 saturated carbocycles. The predicted molar refractivity (Wildman–Crippen MR) is 97.2 cm³/mol. The molecule has 0 N–H and O–H groups in total. The predicted octanol–water partition coefficient (Wildman–Crippen LogP) is 5.28. The molecule has 1 heterocycles. The monoisotopic (exact) mass is 358 g/mol. The summed E-state index contributed by atoms with van der Waals surface area (Å²) in [5.74, 6) is 0.715. The van der Waals surface area contributed by atoms with Crippen LogP contribution in [0.1, 0.15) is 0 Å². The fourth-order valence-electron chi connectivity index (χ4n) is 2.59. The van der Waals surface area contributed by atoms with Crippen LogP contribution < -0.4 is 0 Å². The maximum absolute atomic E-state index is 4.73. The van der Waals surface area contributed by atoms with E-state index in [9.17, 15) is 0 Å². The summed E-state index contributed by atoms with van der Waals surface area (Å²) in [6, 6.07) is 33.6. The van der Waals surface area contributed by atoms with Gasteiger partial charge in [0.25, 0.3) is 0 Å². The van der Waals surface area contributed by atoms with Gasteiger partial charge in [-0.15, -0.1) is 30.3 Å². The Morgan fingerprint density at radius 3 is 1.24 bits per heavy atom. The first-order chi connectivity index (χ1) is 11.9. The molecule has 0 aliphatic heterocycles. The van der Waals surface area contributed by atoms with E-state index in [1.165, 1.54) is 0 Å². The Morgan fingerprint density at radius 1 is 0.480 bits per heavy atom. The van der Waals surface area contributed by atoms with E-state index in [0.29, 0.717) is 5.82 Å². The number of rotatable bonds is 3. The van der Waals surface area contributed by atoms with Gasteiger partial charge in [0, 0.05) is 24.1 Å². The van der Waals surface area contributed by atoms with E-state index in [-0.39, 0.29) is 18.6 Å². The van der Waals surface area contributed by atoms with Crippen LogP contribution in [0.4, 0.5) is 0 Å². The third-order valence-electron chi connectivity index (χ3n) is 3.80. The largest absolute Gasteiger partial charge is 0.255 e. The van der Waals surface area contributed by atoms with Crippen molar-refractivity contribution in [3.8, 4) is 33.9 Å². The van der Waals surface area contributed by atoms with Gasteiger partial charge in [-0.2, -0.15) is 0 Å². The van der Waals surface area contributed by atoms with E-state index in [2.05, 4.69) is 6.07 Å².